The minimum absolute atomic E-state index is 0.0207. The molecule has 176 valence electrons. The highest BCUT2D eigenvalue weighted by molar-refractivity contribution is 5.95. The van der Waals surface area contributed by atoms with Gasteiger partial charge in [-0.25, -0.2) is 4.68 Å². The van der Waals surface area contributed by atoms with Crippen LogP contribution in [0.3, 0.4) is 0 Å². The number of hydrogen-bond acceptors (Lipinski definition) is 3. The summed E-state index contributed by atoms with van der Waals surface area (Å²) in [6, 6.07) is -0.294. The molecule has 32 heavy (non-hydrogen) atoms. The first-order valence-corrected chi connectivity index (χ1v) is 10.9. The maximum absolute atomic E-state index is 13.8. The Balaban J connectivity index is 1.58. The fraction of sp³-hybridized carbons (Fsp3) is 0.682. The molecule has 1 aromatic rings. The molecule has 4 fully saturated rings. The van der Waals surface area contributed by atoms with Crippen LogP contribution in [0, 0.1) is 28.6 Å². The average Bonchev–Trinajstić information content (AvgIpc) is 3.13. The van der Waals surface area contributed by atoms with Crippen molar-refractivity contribution in [3.8, 4) is 0 Å². The second-order valence-corrected chi connectivity index (χ2v) is 10.4. The van der Waals surface area contributed by atoms with E-state index in [1.165, 1.54) is 6.08 Å². The van der Waals surface area contributed by atoms with E-state index < -0.39 is 40.8 Å². The lowest BCUT2D eigenvalue weighted by Crippen LogP contribution is -2.62. The topological polar surface area (TPSA) is 90.0 Å². The smallest absolute Gasteiger partial charge is 0.369 e. The Kier molecular flexibility index (Phi) is 5.40. The molecular weight excluding hydrogens is 428 g/mol. The van der Waals surface area contributed by atoms with Crippen molar-refractivity contribution in [2.24, 2.45) is 34.3 Å². The summed E-state index contributed by atoms with van der Waals surface area (Å²) in [5.74, 6) is -0.747. The highest BCUT2D eigenvalue weighted by atomic mass is 19.4. The number of amides is 2. The Hall–Kier alpha value is -2.39. The average molecular weight is 456 g/mol. The fourth-order valence-corrected chi connectivity index (χ4v) is 6.03. The highest BCUT2D eigenvalue weighted by Crippen LogP contribution is 2.60. The molecule has 3 N–H and O–H groups in total. The summed E-state index contributed by atoms with van der Waals surface area (Å²) in [4.78, 5) is 25.0. The predicted molar refractivity (Wildman–Crippen MR) is 109 cm³/mol. The molecule has 1 heterocycles. The standard InChI is InChI=1S/C22H28F4N4O2/c1-20(2,11-23)3-4-30-17(22(24,25)26)15(10-28-30)18(31)29-16-13-5-12-6-14(16)9-21(7-12,8-13)19(27)32/h3-4,10,12-14,16H,5-9,11H2,1-2H3,(H2,27,32)(H,29,31)/b4-3+. The first-order chi connectivity index (χ1) is 14.8. The molecule has 4 aliphatic rings. The molecule has 4 bridgehead atoms. The molecule has 0 aliphatic heterocycles. The van der Waals surface area contributed by atoms with Gasteiger partial charge in [-0.15, -0.1) is 0 Å². The third-order valence-electron chi connectivity index (χ3n) is 7.41. The van der Waals surface area contributed by atoms with Gasteiger partial charge in [0.05, 0.1) is 18.4 Å². The lowest BCUT2D eigenvalue weighted by atomic mass is 9.47. The number of primary amides is 1. The van der Waals surface area contributed by atoms with E-state index in [-0.39, 0.29) is 23.8 Å². The quantitative estimate of drug-likeness (QED) is 0.639. The predicted octanol–water partition coefficient (Wildman–Crippen LogP) is 3.78. The summed E-state index contributed by atoms with van der Waals surface area (Å²) >= 11 is 0. The second-order valence-electron chi connectivity index (χ2n) is 10.4. The van der Waals surface area contributed by atoms with Crippen LogP contribution in [0.2, 0.25) is 0 Å². The normalized spacial score (nSPS) is 31.9. The van der Waals surface area contributed by atoms with Gasteiger partial charge in [0, 0.05) is 23.1 Å². The van der Waals surface area contributed by atoms with E-state index in [0.29, 0.717) is 23.4 Å². The van der Waals surface area contributed by atoms with E-state index >= 15 is 0 Å². The number of hydrogen-bond donors (Lipinski definition) is 2. The number of nitrogens with zero attached hydrogens (tertiary/aromatic N) is 2. The van der Waals surface area contributed by atoms with Crippen molar-refractivity contribution >= 4 is 18.0 Å². The fourth-order valence-electron chi connectivity index (χ4n) is 6.03. The summed E-state index contributed by atoms with van der Waals surface area (Å²) in [5, 5.41) is 6.54. The zero-order valence-electron chi connectivity index (χ0n) is 18.1. The van der Waals surface area contributed by atoms with Gasteiger partial charge in [-0.2, -0.15) is 18.3 Å². The van der Waals surface area contributed by atoms with Crippen molar-refractivity contribution < 1.29 is 27.2 Å². The van der Waals surface area contributed by atoms with E-state index in [1.807, 2.05) is 0 Å². The Labute approximate surface area is 183 Å². The maximum Gasteiger partial charge on any atom is 0.434 e. The molecule has 0 radical (unpaired) electrons. The molecule has 0 saturated heterocycles. The number of carbonyl (C=O) groups is 2. The monoisotopic (exact) mass is 456 g/mol. The first-order valence-electron chi connectivity index (χ1n) is 10.9. The van der Waals surface area contributed by atoms with Crippen LogP contribution in [0.5, 0.6) is 0 Å². The van der Waals surface area contributed by atoms with Crippen LogP contribution in [0.15, 0.2) is 12.3 Å². The molecule has 1 aromatic heterocycles. The zero-order chi connectivity index (χ0) is 23.5. The van der Waals surface area contributed by atoms with Gasteiger partial charge >= 0.3 is 6.18 Å². The third-order valence-corrected chi connectivity index (χ3v) is 7.41. The van der Waals surface area contributed by atoms with Crippen LogP contribution in [0.1, 0.15) is 62.0 Å². The van der Waals surface area contributed by atoms with Crippen molar-refractivity contribution in [1.29, 1.82) is 0 Å². The zero-order valence-corrected chi connectivity index (χ0v) is 18.1. The molecule has 10 heteroatoms. The summed E-state index contributed by atoms with van der Waals surface area (Å²) in [6.45, 7) is 2.33. The van der Waals surface area contributed by atoms with E-state index in [1.54, 1.807) is 13.8 Å². The van der Waals surface area contributed by atoms with Gasteiger partial charge in [-0.1, -0.05) is 19.9 Å². The lowest BCUT2D eigenvalue weighted by Gasteiger charge is -2.58. The molecule has 0 spiro atoms. The number of rotatable bonds is 6. The van der Waals surface area contributed by atoms with E-state index in [2.05, 4.69) is 10.4 Å². The molecule has 2 amide bonds. The van der Waals surface area contributed by atoms with Crippen molar-refractivity contribution in [1.82, 2.24) is 15.1 Å². The molecule has 4 aliphatic carbocycles. The number of carbonyl (C=O) groups excluding carboxylic acids is 2. The highest BCUT2D eigenvalue weighted by Gasteiger charge is 2.58. The van der Waals surface area contributed by atoms with Gasteiger partial charge in [0.25, 0.3) is 5.91 Å². The second kappa shape index (κ2) is 7.59. The molecule has 2 unspecified atom stereocenters. The Bertz CT molecular complexity index is 936. The molecule has 6 nitrogen and oxygen atoms in total. The van der Waals surface area contributed by atoms with E-state index in [0.717, 1.165) is 31.7 Å². The van der Waals surface area contributed by atoms with Crippen molar-refractivity contribution in [2.45, 2.75) is 58.2 Å². The van der Waals surface area contributed by atoms with E-state index in [9.17, 15) is 27.2 Å². The number of allylic oxidation sites excluding steroid dienone is 1. The largest absolute Gasteiger partial charge is 0.434 e. The molecule has 4 saturated carbocycles. The number of nitrogens with two attached hydrogens (primary N) is 1. The van der Waals surface area contributed by atoms with Crippen LogP contribution < -0.4 is 11.1 Å². The molecular formula is C22H28F4N4O2. The SMILES string of the molecule is CC(C)(/C=C/n1ncc(C(=O)NC2C3CC4CC2CC(C(N)=O)(C4)C3)c1C(F)(F)F)CF. The minimum Gasteiger partial charge on any atom is -0.369 e. The van der Waals surface area contributed by atoms with Crippen LogP contribution in [0.25, 0.3) is 6.20 Å². The number of halogens is 4. The van der Waals surface area contributed by atoms with Gasteiger partial charge < -0.3 is 11.1 Å². The van der Waals surface area contributed by atoms with Gasteiger partial charge in [0.15, 0.2) is 5.69 Å². The molecule has 0 aromatic carbocycles. The molecule has 5 rings (SSSR count). The van der Waals surface area contributed by atoms with Crippen LogP contribution in [-0.2, 0) is 11.0 Å². The minimum atomic E-state index is -4.83. The third kappa shape index (κ3) is 3.92. The van der Waals surface area contributed by atoms with Crippen LogP contribution in [-0.4, -0.2) is 34.3 Å². The Morgan fingerprint density at radius 1 is 1.25 bits per heavy atom. The van der Waals surface area contributed by atoms with Crippen molar-refractivity contribution in [2.75, 3.05) is 6.67 Å². The van der Waals surface area contributed by atoms with Gasteiger partial charge in [-0.3, -0.25) is 14.0 Å². The summed E-state index contributed by atoms with van der Waals surface area (Å²) in [7, 11) is 0. The Morgan fingerprint density at radius 2 is 1.88 bits per heavy atom. The summed E-state index contributed by atoms with van der Waals surface area (Å²) < 4.78 is 55.0. The van der Waals surface area contributed by atoms with Gasteiger partial charge in [0.1, 0.15) is 0 Å². The molecule has 2 atom stereocenters. The van der Waals surface area contributed by atoms with Gasteiger partial charge in [-0.05, 0) is 49.9 Å². The van der Waals surface area contributed by atoms with Gasteiger partial charge in [0.2, 0.25) is 5.91 Å². The van der Waals surface area contributed by atoms with Crippen LogP contribution >= 0.6 is 0 Å². The summed E-state index contributed by atoms with van der Waals surface area (Å²) in [6.07, 6.45) is 1.96. The van der Waals surface area contributed by atoms with E-state index in [4.69, 9.17) is 5.73 Å². The lowest BCUT2D eigenvalue weighted by molar-refractivity contribution is -0.145. The first kappa shape index (κ1) is 22.8. The van der Waals surface area contributed by atoms with Crippen molar-refractivity contribution in [3.63, 3.8) is 0 Å². The maximum atomic E-state index is 13.8. The van der Waals surface area contributed by atoms with Crippen LogP contribution in [0.4, 0.5) is 17.6 Å². The number of aromatic nitrogens is 2. The summed E-state index contributed by atoms with van der Waals surface area (Å²) in [5.41, 5.74) is 2.40. The van der Waals surface area contributed by atoms with Crippen molar-refractivity contribution in [3.05, 3.63) is 23.5 Å². The number of alkyl halides is 4. The Morgan fingerprint density at radius 3 is 2.41 bits per heavy atom. The number of nitrogens with one attached hydrogen (secondary N) is 1.